The molecule has 0 saturated heterocycles. The smallest absolute Gasteiger partial charge is 0.199 e. The van der Waals surface area contributed by atoms with E-state index in [-0.39, 0.29) is 39.5 Å². The molecule has 1 aromatic rings. The van der Waals surface area contributed by atoms with Gasteiger partial charge in [-0.25, -0.2) is 4.89 Å². The van der Waals surface area contributed by atoms with E-state index in [0.717, 1.165) is 55.9 Å². The van der Waals surface area contributed by atoms with E-state index in [4.69, 9.17) is 9.62 Å². The molecule has 3 aliphatic carbocycles. The maximum absolute atomic E-state index is 13.2. The molecule has 0 aliphatic heterocycles. The minimum Gasteiger partial charge on any atom is -0.662 e. The summed E-state index contributed by atoms with van der Waals surface area (Å²) < 4.78 is 5.21. The zero-order chi connectivity index (χ0) is 36.8. The van der Waals surface area contributed by atoms with Gasteiger partial charge < -0.3 is 20.7 Å². The number of hydrogen-bond donors (Lipinski definition) is 3. The van der Waals surface area contributed by atoms with Crippen LogP contribution in [0.3, 0.4) is 0 Å². The van der Waals surface area contributed by atoms with E-state index < -0.39 is 11.0 Å². The molecule has 0 saturated carbocycles. The van der Waals surface area contributed by atoms with E-state index in [1.165, 1.54) is 0 Å². The SMILES string of the molecule is COc1ccc(C2=CC(OO)(C(C)(C)C)C(=O)C(C(C)(C)C)=C2)cc1.O=C1C=CC=CC1=CNCCC[N-]CCCNC=C1C=CC=CC1=O.[Co]. The van der Waals surface area contributed by atoms with E-state index in [1.807, 2.05) is 84.0 Å². The number of nitrogens with one attached hydrogen (secondary N) is 2. The van der Waals surface area contributed by atoms with Crippen molar-refractivity contribution in [3.63, 3.8) is 0 Å². The molecule has 0 amide bonds. The largest absolute Gasteiger partial charge is 0.662 e. The fourth-order valence-electron chi connectivity index (χ4n) is 5.28. The van der Waals surface area contributed by atoms with Gasteiger partial charge in [0.25, 0.3) is 0 Å². The van der Waals surface area contributed by atoms with Gasteiger partial charge in [0.05, 0.1) is 7.11 Å². The standard InChI is InChI=1S/C21H28O4.C20H24N3O2.Co/c1-19(2,3)17-12-15(14-8-10-16(24-7)11-9-14)13-21(25-23,18(17)22)20(4,5)6;24-19-9-3-1-7-17(19)15-22-13-5-11-21-12-6-14-23-16-18-8-2-4-10-20(18)25;/h8-13,23H,1-7H3;1-4,7-10,15-16,22-23H,5-6,11-14H2;/q;-1;. The third-order valence-corrected chi connectivity index (χ3v) is 8.36. The monoisotopic (exact) mass is 741 g/mol. The van der Waals surface area contributed by atoms with Crippen LogP contribution in [0.4, 0.5) is 0 Å². The molecule has 277 valence electrons. The number of allylic oxidation sites excluding steroid dienone is 12. The molecule has 0 aromatic heterocycles. The number of carbonyl (C=O) groups excluding carboxylic acids is 3. The second-order valence-electron chi connectivity index (χ2n) is 14.2. The molecule has 4 rings (SSSR count). The second kappa shape index (κ2) is 20.1. The maximum atomic E-state index is 13.2. The molecule has 1 unspecified atom stereocenters. The van der Waals surface area contributed by atoms with Gasteiger partial charge in [-0.15, -0.1) is 13.1 Å². The Labute approximate surface area is 313 Å². The molecule has 1 aromatic carbocycles. The summed E-state index contributed by atoms with van der Waals surface area (Å²) in [6.07, 6.45) is 22.9. The van der Waals surface area contributed by atoms with Gasteiger partial charge in [-0.2, -0.15) is 0 Å². The number of methoxy groups -OCH3 is 1. The van der Waals surface area contributed by atoms with Gasteiger partial charge in [0.1, 0.15) is 5.75 Å². The summed E-state index contributed by atoms with van der Waals surface area (Å²) in [5.74, 6) is 0.621. The number of benzene rings is 1. The Morgan fingerprint density at radius 3 is 1.69 bits per heavy atom. The minimum atomic E-state index is -1.43. The van der Waals surface area contributed by atoms with Crippen LogP contribution in [0.15, 0.2) is 114 Å². The first-order chi connectivity index (χ1) is 23.7. The maximum Gasteiger partial charge on any atom is 0.199 e. The summed E-state index contributed by atoms with van der Waals surface area (Å²) in [5.41, 5.74) is 1.34. The van der Waals surface area contributed by atoms with Crippen LogP contribution in [0.2, 0.25) is 0 Å². The number of hydrogen-bond acceptors (Lipinski definition) is 8. The predicted molar refractivity (Wildman–Crippen MR) is 200 cm³/mol. The molecule has 51 heavy (non-hydrogen) atoms. The second-order valence-corrected chi connectivity index (χ2v) is 14.2. The quantitative estimate of drug-likeness (QED) is 0.0828. The van der Waals surface area contributed by atoms with Crippen LogP contribution >= 0.6 is 0 Å². The molecule has 9 nitrogen and oxygen atoms in total. The zero-order valence-corrected chi connectivity index (χ0v) is 31.8. The van der Waals surface area contributed by atoms with E-state index >= 15 is 0 Å². The molecule has 1 radical (unpaired) electrons. The Hall–Kier alpha value is -4.06. The summed E-state index contributed by atoms with van der Waals surface area (Å²) in [7, 11) is 1.62. The molecule has 3 aliphatic rings. The molecule has 0 heterocycles. The number of nitrogens with zero attached hydrogens (tertiary/aromatic N) is 1. The fraction of sp³-hybridized carbons (Fsp3) is 0.390. The number of Topliss-reactive ketones (excluding diaryl/α,β-unsaturated/α-hetero) is 1. The molecule has 0 bridgehead atoms. The van der Waals surface area contributed by atoms with E-state index in [2.05, 4.69) is 16.0 Å². The van der Waals surface area contributed by atoms with Gasteiger partial charge in [-0.05, 0) is 65.1 Å². The van der Waals surface area contributed by atoms with Crippen molar-refractivity contribution in [2.24, 2.45) is 10.8 Å². The molecule has 1 atom stereocenters. The van der Waals surface area contributed by atoms with Crippen molar-refractivity contribution in [1.29, 1.82) is 0 Å². The Morgan fingerprint density at radius 1 is 0.784 bits per heavy atom. The summed E-state index contributed by atoms with van der Waals surface area (Å²) in [6, 6.07) is 7.61. The number of rotatable bonds is 13. The van der Waals surface area contributed by atoms with Crippen LogP contribution in [-0.4, -0.2) is 61.5 Å². The predicted octanol–water partition coefficient (Wildman–Crippen LogP) is 7.38. The Bertz CT molecular complexity index is 1560. The molecule has 3 N–H and O–H groups in total. The van der Waals surface area contributed by atoms with Crippen LogP contribution in [0.5, 0.6) is 5.75 Å². The van der Waals surface area contributed by atoms with Gasteiger partial charge in [0.2, 0.25) is 0 Å². The van der Waals surface area contributed by atoms with Gasteiger partial charge in [0, 0.05) is 64.4 Å². The van der Waals surface area contributed by atoms with Crippen molar-refractivity contribution >= 4 is 22.9 Å². The summed E-state index contributed by atoms with van der Waals surface area (Å²) in [6.45, 7) is 14.8. The van der Waals surface area contributed by atoms with Gasteiger partial charge >= 0.3 is 0 Å². The normalized spacial score (nSPS) is 20.0. The summed E-state index contributed by atoms with van der Waals surface area (Å²) >= 11 is 0. The minimum absolute atomic E-state index is 0. The Morgan fingerprint density at radius 2 is 1.27 bits per heavy atom. The van der Waals surface area contributed by atoms with E-state index in [9.17, 15) is 19.6 Å². The molecule has 0 spiro atoms. The van der Waals surface area contributed by atoms with Gasteiger partial charge in [0.15, 0.2) is 23.0 Å². The third-order valence-electron chi connectivity index (χ3n) is 8.36. The zero-order valence-electron chi connectivity index (χ0n) is 30.7. The Kier molecular flexibility index (Phi) is 17.0. The summed E-state index contributed by atoms with van der Waals surface area (Å²) in [5, 5.41) is 20.5. The Balaban J connectivity index is 0.000000347. The first-order valence-corrected chi connectivity index (χ1v) is 17.0. The number of carbonyl (C=O) groups is 3. The van der Waals surface area contributed by atoms with Crippen molar-refractivity contribution in [3.8, 4) is 5.75 Å². The van der Waals surface area contributed by atoms with Crippen molar-refractivity contribution in [2.45, 2.75) is 60.0 Å². The fourth-order valence-corrected chi connectivity index (χ4v) is 5.28. The van der Waals surface area contributed by atoms with E-state index in [0.29, 0.717) is 16.7 Å². The van der Waals surface area contributed by atoms with Gasteiger partial charge in [-0.3, -0.25) is 19.6 Å². The summed E-state index contributed by atoms with van der Waals surface area (Å²) in [4.78, 5) is 41.1. The topological polar surface area (TPSA) is 128 Å². The molecule has 10 heteroatoms. The van der Waals surface area contributed by atoms with Crippen molar-refractivity contribution in [1.82, 2.24) is 10.6 Å². The van der Waals surface area contributed by atoms with Crippen LogP contribution in [0.25, 0.3) is 10.9 Å². The average molecular weight is 742 g/mol. The van der Waals surface area contributed by atoms with Crippen LogP contribution < -0.4 is 15.4 Å². The number of ketones is 3. The van der Waals surface area contributed by atoms with Gasteiger partial charge in [-0.1, -0.05) is 90.8 Å². The third kappa shape index (κ3) is 12.3. The van der Waals surface area contributed by atoms with Crippen molar-refractivity contribution in [3.05, 3.63) is 125 Å². The molecular formula is C41H52CoN3O6-. The molecule has 0 fully saturated rings. The van der Waals surface area contributed by atoms with Crippen LogP contribution in [0, 0.1) is 10.8 Å². The first-order valence-electron chi connectivity index (χ1n) is 17.0. The van der Waals surface area contributed by atoms with Crippen molar-refractivity contribution in [2.75, 3.05) is 33.3 Å². The van der Waals surface area contributed by atoms with Crippen LogP contribution in [-0.2, 0) is 36.0 Å². The van der Waals surface area contributed by atoms with Crippen molar-refractivity contribution < 1.29 is 46.0 Å². The molecular weight excluding hydrogens is 689 g/mol. The van der Waals surface area contributed by atoms with Crippen LogP contribution in [0.1, 0.15) is 59.9 Å². The number of ether oxygens (including phenoxy) is 1. The van der Waals surface area contributed by atoms with E-state index in [1.54, 1.807) is 62.0 Å². The average Bonchev–Trinajstić information content (AvgIpc) is 3.08. The first kappa shape index (κ1) is 43.1.